The van der Waals surface area contributed by atoms with Crippen LogP contribution in [0, 0.1) is 13.8 Å². The van der Waals surface area contributed by atoms with Crippen molar-refractivity contribution in [3.05, 3.63) is 51.4 Å². The number of aryl methyl sites for hydroxylation is 1. The molecular weight excluding hydrogens is 480 g/mol. The van der Waals surface area contributed by atoms with Crippen LogP contribution in [0.1, 0.15) is 36.6 Å². The number of ether oxygens (including phenoxy) is 4. The van der Waals surface area contributed by atoms with Gasteiger partial charge in [0, 0.05) is 66.6 Å². The molecule has 188 valence electrons. The number of piperidine rings is 1. The van der Waals surface area contributed by atoms with Gasteiger partial charge in [0.2, 0.25) is 0 Å². The summed E-state index contributed by atoms with van der Waals surface area (Å²) in [4.78, 5) is 19.6. The number of fused-ring (bicyclic) bond motifs is 2. The van der Waals surface area contributed by atoms with Crippen molar-refractivity contribution in [3.8, 4) is 17.2 Å². The van der Waals surface area contributed by atoms with Crippen LogP contribution in [0.3, 0.4) is 0 Å². The van der Waals surface area contributed by atoms with Crippen LogP contribution in [0.2, 0.25) is 0 Å². The fourth-order valence-electron chi connectivity index (χ4n) is 4.86. The van der Waals surface area contributed by atoms with Gasteiger partial charge in [0.15, 0.2) is 23.0 Å². The standard InChI is InChI=1S/C25H26B4N4O5/c1-13-9-18(36-17-5-6-19-20(11-17)38-25(28,29)24(26,27)37-19)7-8-32(13)23-15(3)14(2)22-30-16(12-35-4)10-21(34)33(22)31-23/h5-6,10-11,13,18H,7-9,12H2,1-4H3/t13-,18+/m1/s1. The summed E-state index contributed by atoms with van der Waals surface area (Å²) in [6.07, 6.45) is 1.41. The van der Waals surface area contributed by atoms with Crippen LogP contribution in [0.4, 0.5) is 5.82 Å². The van der Waals surface area contributed by atoms with Gasteiger partial charge in [0.25, 0.3) is 5.56 Å². The lowest BCUT2D eigenvalue weighted by molar-refractivity contribution is 0.0608. The smallest absolute Gasteiger partial charge is 0.274 e. The van der Waals surface area contributed by atoms with Crippen LogP contribution in [0.5, 0.6) is 17.2 Å². The average Bonchev–Trinajstić information content (AvgIpc) is 2.83. The molecule has 1 fully saturated rings. The van der Waals surface area contributed by atoms with Gasteiger partial charge in [-0.15, -0.1) is 5.10 Å². The lowest BCUT2D eigenvalue weighted by atomic mass is 9.41. The maximum atomic E-state index is 12.8. The minimum atomic E-state index is -1.91. The van der Waals surface area contributed by atoms with E-state index in [0.717, 1.165) is 29.8 Å². The van der Waals surface area contributed by atoms with Crippen molar-refractivity contribution < 1.29 is 18.9 Å². The molecule has 2 atom stereocenters. The van der Waals surface area contributed by atoms with Crippen molar-refractivity contribution >= 4 is 42.9 Å². The third-order valence-electron chi connectivity index (χ3n) is 7.16. The van der Waals surface area contributed by atoms with Crippen molar-refractivity contribution in [2.45, 2.75) is 63.2 Å². The Morgan fingerprint density at radius 3 is 2.47 bits per heavy atom. The number of hydrogen-bond donors (Lipinski definition) is 0. The van der Waals surface area contributed by atoms with Crippen LogP contribution in [0.25, 0.3) is 5.65 Å². The van der Waals surface area contributed by atoms with Gasteiger partial charge in [0.1, 0.15) is 43.2 Å². The lowest BCUT2D eigenvalue weighted by Crippen LogP contribution is -2.65. The van der Waals surface area contributed by atoms with Gasteiger partial charge in [-0.05, 0) is 32.9 Å². The van der Waals surface area contributed by atoms with E-state index < -0.39 is 10.8 Å². The molecule has 2 aliphatic rings. The molecule has 1 aromatic carbocycles. The Morgan fingerprint density at radius 1 is 1.08 bits per heavy atom. The van der Waals surface area contributed by atoms with Gasteiger partial charge >= 0.3 is 0 Å². The Bertz CT molecular complexity index is 1450. The molecule has 2 aliphatic heterocycles. The Morgan fingerprint density at radius 2 is 1.79 bits per heavy atom. The van der Waals surface area contributed by atoms with Crippen molar-refractivity contribution in [3.63, 3.8) is 0 Å². The number of aromatic nitrogens is 3. The number of benzene rings is 1. The van der Waals surface area contributed by atoms with Crippen molar-refractivity contribution in [2.24, 2.45) is 0 Å². The number of rotatable bonds is 5. The minimum Gasteiger partial charge on any atom is -0.501 e. The molecule has 0 aliphatic carbocycles. The fourth-order valence-corrected chi connectivity index (χ4v) is 4.86. The monoisotopic (exact) mass is 506 g/mol. The van der Waals surface area contributed by atoms with Crippen molar-refractivity contribution in [1.29, 1.82) is 0 Å². The summed E-state index contributed by atoms with van der Waals surface area (Å²) in [7, 11) is 25.0. The largest absolute Gasteiger partial charge is 0.501 e. The van der Waals surface area contributed by atoms with Gasteiger partial charge in [-0.25, -0.2) is 4.98 Å². The van der Waals surface area contributed by atoms with Gasteiger partial charge < -0.3 is 23.8 Å². The summed E-state index contributed by atoms with van der Waals surface area (Å²) >= 11 is 0. The number of hydrogen-bond acceptors (Lipinski definition) is 8. The number of methoxy groups -OCH3 is 1. The predicted octanol–water partition coefficient (Wildman–Crippen LogP) is 1.04. The Labute approximate surface area is 226 Å². The summed E-state index contributed by atoms with van der Waals surface area (Å²) < 4.78 is 23.9. The average molecular weight is 506 g/mol. The van der Waals surface area contributed by atoms with Crippen molar-refractivity contribution in [1.82, 2.24) is 14.6 Å². The molecule has 1 saturated heterocycles. The molecule has 38 heavy (non-hydrogen) atoms. The highest BCUT2D eigenvalue weighted by Gasteiger charge is 2.43. The SMILES string of the molecule is [B]C1([B])Oc2ccc(O[C@H]3CCN(c4nn5c(=O)cc(COC)nc5c(C)c4C)[C@H](C)C3)cc2OC1([B])[B]. The molecule has 3 aromatic rings. The number of nitrogens with zero attached hydrogens (tertiary/aromatic N) is 4. The highest BCUT2D eigenvalue weighted by atomic mass is 16.6. The first-order chi connectivity index (χ1) is 17.9. The summed E-state index contributed by atoms with van der Waals surface area (Å²) in [5.41, 5.74) is 2.76. The first-order valence-electron chi connectivity index (χ1n) is 12.4. The fraction of sp³-hybridized carbons (Fsp3) is 0.480. The summed E-state index contributed by atoms with van der Waals surface area (Å²) in [5.74, 6) is 1.96. The lowest BCUT2D eigenvalue weighted by Gasteiger charge is -2.48. The van der Waals surface area contributed by atoms with Crippen LogP contribution in [-0.2, 0) is 11.3 Å². The molecule has 8 radical (unpaired) electrons. The highest BCUT2D eigenvalue weighted by molar-refractivity contribution is 6.53. The molecule has 4 heterocycles. The van der Waals surface area contributed by atoms with Gasteiger partial charge in [-0.1, -0.05) is 0 Å². The van der Waals surface area contributed by atoms with E-state index in [9.17, 15) is 4.79 Å². The molecule has 0 bridgehead atoms. The Kier molecular flexibility index (Phi) is 6.70. The molecule has 5 rings (SSSR count). The van der Waals surface area contributed by atoms with E-state index >= 15 is 0 Å². The molecule has 0 spiro atoms. The maximum absolute atomic E-state index is 12.8. The second-order valence-electron chi connectivity index (χ2n) is 10.0. The second kappa shape index (κ2) is 9.59. The third kappa shape index (κ3) is 4.65. The van der Waals surface area contributed by atoms with E-state index in [1.807, 2.05) is 13.8 Å². The van der Waals surface area contributed by atoms with Crippen molar-refractivity contribution in [2.75, 3.05) is 18.6 Å². The Hall–Kier alpha value is -3.07. The maximum Gasteiger partial charge on any atom is 0.274 e. The normalized spacial score (nSPS) is 21.8. The van der Waals surface area contributed by atoms with E-state index in [0.29, 0.717) is 35.1 Å². The zero-order valence-electron chi connectivity index (χ0n) is 21.9. The van der Waals surface area contributed by atoms with E-state index in [1.54, 1.807) is 25.3 Å². The van der Waals surface area contributed by atoms with E-state index in [1.165, 1.54) is 10.6 Å². The first-order valence-corrected chi connectivity index (χ1v) is 12.4. The summed E-state index contributed by atoms with van der Waals surface area (Å²) in [5, 5.41) is 0.908. The topological polar surface area (TPSA) is 87.4 Å². The summed E-state index contributed by atoms with van der Waals surface area (Å²) in [6.45, 7) is 7.03. The van der Waals surface area contributed by atoms with Gasteiger partial charge in [-0.3, -0.25) is 4.79 Å². The third-order valence-corrected chi connectivity index (χ3v) is 7.16. The van der Waals surface area contributed by atoms with Crippen LogP contribution in [-0.4, -0.2) is 82.6 Å². The molecule has 2 aromatic heterocycles. The van der Waals surface area contributed by atoms with E-state index in [2.05, 4.69) is 16.8 Å². The van der Waals surface area contributed by atoms with Crippen LogP contribution in [0.15, 0.2) is 29.1 Å². The summed E-state index contributed by atoms with van der Waals surface area (Å²) in [6, 6.07) is 6.62. The first kappa shape index (κ1) is 26.5. The van der Waals surface area contributed by atoms with Crippen LogP contribution < -0.4 is 24.7 Å². The quantitative estimate of drug-likeness (QED) is 0.476. The second-order valence-corrected chi connectivity index (χ2v) is 10.0. The van der Waals surface area contributed by atoms with Gasteiger partial charge in [-0.2, -0.15) is 4.52 Å². The number of anilines is 1. The molecule has 0 unspecified atom stereocenters. The van der Waals surface area contributed by atoms with E-state index in [-0.39, 0.29) is 24.3 Å². The zero-order chi connectivity index (χ0) is 27.4. The molecule has 9 nitrogen and oxygen atoms in total. The highest BCUT2D eigenvalue weighted by Crippen LogP contribution is 2.41. The zero-order valence-corrected chi connectivity index (χ0v) is 21.9. The predicted molar refractivity (Wildman–Crippen MR) is 146 cm³/mol. The molecule has 0 amide bonds. The molecule has 13 heteroatoms. The van der Waals surface area contributed by atoms with Gasteiger partial charge in [0.05, 0.1) is 12.3 Å². The van der Waals surface area contributed by atoms with Crippen LogP contribution >= 0.6 is 0 Å². The Balaban J connectivity index is 1.34. The molecule has 0 saturated carbocycles. The van der Waals surface area contributed by atoms with E-state index in [4.69, 9.17) is 55.4 Å². The molecular formula is C25H26B4N4O5. The molecule has 0 N–H and O–H groups in total. The minimum absolute atomic E-state index is 0.0599.